The molecule has 22 heavy (non-hydrogen) atoms. The third kappa shape index (κ3) is 4.53. The topological polar surface area (TPSA) is 84.0 Å². The lowest BCUT2D eigenvalue weighted by molar-refractivity contribution is -0.119. The fourth-order valence-corrected chi connectivity index (χ4v) is 3.06. The van der Waals surface area contributed by atoms with Crippen LogP contribution in [0.25, 0.3) is 10.6 Å². The van der Waals surface area contributed by atoms with Gasteiger partial charge in [-0.3, -0.25) is 10.1 Å². The van der Waals surface area contributed by atoms with Crippen molar-refractivity contribution in [1.29, 1.82) is 0 Å². The van der Waals surface area contributed by atoms with Crippen LogP contribution in [0.5, 0.6) is 0 Å². The maximum absolute atomic E-state index is 11.8. The molecule has 2 N–H and O–H groups in total. The van der Waals surface area contributed by atoms with E-state index in [1.54, 1.807) is 18.2 Å². The summed E-state index contributed by atoms with van der Waals surface area (Å²) in [5, 5.41) is 12.2. The van der Waals surface area contributed by atoms with Gasteiger partial charge in [-0.25, -0.2) is 4.79 Å². The van der Waals surface area contributed by atoms with E-state index in [1.807, 2.05) is 5.32 Å². The van der Waals surface area contributed by atoms with Gasteiger partial charge in [-0.1, -0.05) is 34.8 Å². The number of alkyl halides is 3. The number of anilines is 1. The molecule has 0 unspecified atom stereocenters. The second-order valence-corrected chi connectivity index (χ2v) is 8.52. The highest BCUT2D eigenvalue weighted by Crippen LogP contribution is 2.38. The van der Waals surface area contributed by atoms with E-state index >= 15 is 0 Å². The predicted molar refractivity (Wildman–Crippen MR) is 90.5 cm³/mol. The number of carbonyl (C=O) groups excluding carboxylic acids is 2. The molecule has 2 aromatic rings. The number of halogens is 4. The molecule has 0 radical (unpaired) electrons. The highest BCUT2D eigenvalue weighted by atomic mass is 79.9. The van der Waals surface area contributed by atoms with Crippen LogP contribution in [0.15, 0.2) is 28.2 Å². The molecule has 0 aromatic carbocycles. The normalized spacial score (nSPS) is 11.1. The molecule has 0 fully saturated rings. The third-order valence-electron chi connectivity index (χ3n) is 2.24. The zero-order valence-corrected chi connectivity index (χ0v) is 15.1. The molecule has 2 heterocycles. The highest BCUT2D eigenvalue weighted by molar-refractivity contribution is 9.11. The van der Waals surface area contributed by atoms with Crippen LogP contribution < -0.4 is 10.6 Å². The Morgan fingerprint density at radius 2 is 2.05 bits per heavy atom. The number of urea groups is 1. The Balaban J connectivity index is 2.17. The van der Waals surface area contributed by atoms with E-state index < -0.39 is 15.7 Å². The molecule has 0 saturated carbocycles. The Morgan fingerprint density at radius 3 is 2.64 bits per heavy atom. The second-order valence-electron chi connectivity index (χ2n) is 3.81. The first-order valence-electron chi connectivity index (χ1n) is 5.54. The number of aromatic nitrogens is 2. The van der Waals surface area contributed by atoms with Crippen molar-refractivity contribution in [3.05, 3.63) is 28.2 Å². The summed E-state index contributed by atoms with van der Waals surface area (Å²) in [6.07, 6.45) is 1.53. The Bertz CT molecular complexity index is 705. The van der Waals surface area contributed by atoms with E-state index in [0.29, 0.717) is 16.3 Å². The molecule has 2 rings (SSSR count). The lowest BCUT2D eigenvalue weighted by atomic mass is 10.3. The molecule has 6 nitrogen and oxygen atoms in total. The summed E-state index contributed by atoms with van der Waals surface area (Å²) in [6.45, 7) is 0. The number of amides is 3. The van der Waals surface area contributed by atoms with Gasteiger partial charge in [-0.15, -0.1) is 16.4 Å². The summed E-state index contributed by atoms with van der Waals surface area (Å²) in [6, 6.07) is 4.29. The molecule has 116 valence electrons. The molecule has 0 spiro atoms. The highest BCUT2D eigenvalue weighted by Gasteiger charge is 2.32. The van der Waals surface area contributed by atoms with Crippen LogP contribution >= 0.6 is 62.1 Å². The Kier molecular flexibility index (Phi) is 5.62. The van der Waals surface area contributed by atoms with Gasteiger partial charge in [0.15, 0.2) is 0 Å². The molecule has 11 heteroatoms. The molecule has 2 aromatic heterocycles. The maximum Gasteiger partial charge on any atom is 0.326 e. The minimum atomic E-state index is -2.22. The number of imide groups is 1. The van der Waals surface area contributed by atoms with E-state index in [-0.39, 0.29) is 0 Å². The van der Waals surface area contributed by atoms with E-state index in [0.717, 1.165) is 3.79 Å². The molecule has 0 saturated heterocycles. The van der Waals surface area contributed by atoms with Crippen molar-refractivity contribution in [3.8, 4) is 10.6 Å². The van der Waals surface area contributed by atoms with Crippen LogP contribution in [-0.2, 0) is 4.79 Å². The first-order valence-corrected chi connectivity index (χ1v) is 8.28. The molecule has 0 atom stereocenters. The summed E-state index contributed by atoms with van der Waals surface area (Å²) in [5.41, 5.74) is 1.01. The van der Waals surface area contributed by atoms with Crippen LogP contribution in [0.2, 0.25) is 0 Å². The van der Waals surface area contributed by atoms with E-state index in [1.165, 1.54) is 17.5 Å². The Morgan fingerprint density at radius 1 is 1.32 bits per heavy atom. The molecule has 0 aliphatic carbocycles. The Labute approximate surface area is 152 Å². The van der Waals surface area contributed by atoms with Gasteiger partial charge in [0.25, 0.3) is 9.70 Å². The molecular weight excluding hydrogens is 438 g/mol. The summed E-state index contributed by atoms with van der Waals surface area (Å²) in [5.74, 6) is -1.05. The quantitative estimate of drug-likeness (QED) is 0.686. The first kappa shape index (κ1) is 17.4. The van der Waals surface area contributed by atoms with Gasteiger partial charge in [0.2, 0.25) is 0 Å². The van der Waals surface area contributed by atoms with Crippen LogP contribution in [-0.4, -0.2) is 25.9 Å². The predicted octanol–water partition coefficient (Wildman–Crippen LogP) is 3.99. The minimum absolute atomic E-state index is 0.437. The number of carbonyl (C=O) groups is 2. The smallest absolute Gasteiger partial charge is 0.306 e. The Hall–Kier alpha value is -0.930. The average molecular weight is 445 g/mol. The van der Waals surface area contributed by atoms with Gasteiger partial charge in [0, 0.05) is 6.20 Å². The van der Waals surface area contributed by atoms with E-state index in [2.05, 4.69) is 31.4 Å². The molecule has 0 bridgehead atoms. The lowest BCUT2D eigenvalue weighted by Crippen LogP contribution is -2.41. The van der Waals surface area contributed by atoms with Crippen molar-refractivity contribution in [2.45, 2.75) is 3.79 Å². The van der Waals surface area contributed by atoms with Crippen molar-refractivity contribution in [2.24, 2.45) is 0 Å². The van der Waals surface area contributed by atoms with Gasteiger partial charge in [-0.2, -0.15) is 5.10 Å². The standard InChI is InChI=1S/C11H6BrCl3N4O2S/c12-7-4-6(8(22-7)5-2-1-3-16-19-5)17-10(21)18-9(20)11(13,14)15/h1-4H,(H2,17,18,20,21). The molecule has 0 aliphatic heterocycles. The fraction of sp³-hybridized carbons (Fsp3) is 0.0909. The number of rotatable bonds is 2. The number of hydrogen-bond donors (Lipinski definition) is 2. The second kappa shape index (κ2) is 7.10. The van der Waals surface area contributed by atoms with E-state index in [9.17, 15) is 9.59 Å². The monoisotopic (exact) mass is 442 g/mol. The lowest BCUT2D eigenvalue weighted by Gasteiger charge is -2.11. The largest absolute Gasteiger partial charge is 0.326 e. The van der Waals surface area contributed by atoms with Crippen molar-refractivity contribution in [3.63, 3.8) is 0 Å². The van der Waals surface area contributed by atoms with Crippen LogP contribution in [0.1, 0.15) is 0 Å². The van der Waals surface area contributed by atoms with Crippen LogP contribution in [0, 0.1) is 0 Å². The average Bonchev–Trinajstić information content (AvgIpc) is 2.79. The van der Waals surface area contributed by atoms with Crippen molar-refractivity contribution < 1.29 is 9.59 Å². The number of nitrogens with one attached hydrogen (secondary N) is 2. The van der Waals surface area contributed by atoms with Gasteiger partial charge in [-0.05, 0) is 34.1 Å². The number of nitrogens with zero attached hydrogens (tertiary/aromatic N) is 2. The third-order valence-corrected chi connectivity index (χ3v) is 4.42. The van der Waals surface area contributed by atoms with Crippen molar-refractivity contribution in [2.75, 3.05) is 5.32 Å². The minimum Gasteiger partial charge on any atom is -0.306 e. The fourth-order valence-electron chi connectivity index (χ4n) is 1.39. The number of hydrogen-bond acceptors (Lipinski definition) is 5. The van der Waals surface area contributed by atoms with Gasteiger partial charge in [0.05, 0.1) is 14.4 Å². The van der Waals surface area contributed by atoms with Gasteiger partial charge in [0.1, 0.15) is 5.69 Å². The molecule has 3 amide bonds. The summed E-state index contributed by atoms with van der Waals surface area (Å²) in [7, 11) is 0. The van der Waals surface area contributed by atoms with Crippen molar-refractivity contribution in [1.82, 2.24) is 15.5 Å². The van der Waals surface area contributed by atoms with E-state index in [4.69, 9.17) is 34.8 Å². The summed E-state index contributed by atoms with van der Waals surface area (Å²) < 4.78 is -1.46. The van der Waals surface area contributed by atoms with Crippen LogP contribution in [0.3, 0.4) is 0 Å². The molecular formula is C11H6BrCl3N4O2S. The summed E-state index contributed by atoms with van der Waals surface area (Å²) in [4.78, 5) is 23.9. The first-order chi connectivity index (χ1) is 10.3. The SMILES string of the molecule is O=C(NC(=O)C(Cl)(Cl)Cl)Nc1cc(Br)sc1-c1cccnn1. The van der Waals surface area contributed by atoms with Gasteiger partial charge < -0.3 is 5.32 Å². The van der Waals surface area contributed by atoms with Crippen LogP contribution in [0.4, 0.5) is 10.5 Å². The van der Waals surface area contributed by atoms with Gasteiger partial charge >= 0.3 is 6.03 Å². The summed E-state index contributed by atoms with van der Waals surface area (Å²) >= 11 is 20.8. The maximum atomic E-state index is 11.8. The zero-order chi connectivity index (χ0) is 16.3. The van der Waals surface area contributed by atoms with Crippen molar-refractivity contribution >= 4 is 79.7 Å². The number of thiophene rings is 1. The zero-order valence-electron chi connectivity index (χ0n) is 10.4. The molecule has 0 aliphatic rings.